The predicted molar refractivity (Wildman–Crippen MR) is 208 cm³/mol. The Morgan fingerprint density at radius 2 is 1.30 bits per heavy atom. The van der Waals surface area contributed by atoms with Crippen molar-refractivity contribution in [2.24, 2.45) is 0 Å². The van der Waals surface area contributed by atoms with E-state index in [0.29, 0.717) is 23.5 Å². The zero-order chi connectivity index (χ0) is 41.5. The first-order valence-corrected chi connectivity index (χ1v) is 19.5. The molecular weight excluding hydrogens is 710 g/mol. The molecule has 53 heavy (non-hydrogen) atoms. The zero-order valence-corrected chi connectivity index (χ0v) is 34.9. The third-order valence-corrected chi connectivity index (χ3v) is 8.00. The molecule has 1 heterocycles. The summed E-state index contributed by atoms with van der Waals surface area (Å²) in [6.45, 7) is 29.5. The highest BCUT2D eigenvalue weighted by molar-refractivity contribution is 7.86. The lowest BCUT2D eigenvalue weighted by Crippen LogP contribution is -2.39. The summed E-state index contributed by atoms with van der Waals surface area (Å²) >= 11 is 0. The van der Waals surface area contributed by atoms with Crippen molar-refractivity contribution in [1.29, 1.82) is 0 Å². The van der Waals surface area contributed by atoms with Crippen molar-refractivity contribution >= 4 is 16.0 Å². The molecule has 1 fully saturated rings. The molecule has 1 atom stereocenters. The normalized spacial score (nSPS) is 14.1. The third kappa shape index (κ3) is 25.5. The van der Waals surface area contributed by atoms with E-state index in [1.54, 1.807) is 32.9 Å². The van der Waals surface area contributed by atoms with E-state index >= 15 is 0 Å². The topological polar surface area (TPSA) is 114 Å². The van der Waals surface area contributed by atoms with E-state index in [4.69, 9.17) is 9.47 Å². The largest absolute Gasteiger partial charge is 0.493 e. The van der Waals surface area contributed by atoms with Gasteiger partial charge in [0.2, 0.25) is 5.91 Å². The van der Waals surface area contributed by atoms with Crippen molar-refractivity contribution in [3.05, 3.63) is 72.3 Å². The summed E-state index contributed by atoms with van der Waals surface area (Å²) in [6, 6.07) is 14.8. The van der Waals surface area contributed by atoms with Crippen LogP contribution in [0, 0.1) is 0 Å². The number of halogens is 3. The molecule has 0 aliphatic carbocycles. The smallest absolute Gasteiger partial charge is 0.392 e. The van der Waals surface area contributed by atoms with Gasteiger partial charge < -0.3 is 19.9 Å². The molecule has 13 heteroatoms. The number of nitrogens with zero attached hydrogens (tertiary/aromatic N) is 1. The Labute approximate surface area is 317 Å². The van der Waals surface area contributed by atoms with Crippen molar-refractivity contribution in [1.82, 2.24) is 10.2 Å². The van der Waals surface area contributed by atoms with Crippen LogP contribution in [0.1, 0.15) is 107 Å². The van der Waals surface area contributed by atoms with Crippen LogP contribution in [0.25, 0.3) is 0 Å². The van der Waals surface area contributed by atoms with Crippen LogP contribution >= 0.6 is 0 Å². The van der Waals surface area contributed by atoms with Gasteiger partial charge in [0.05, 0.1) is 31.0 Å². The molecule has 0 spiro atoms. The summed E-state index contributed by atoms with van der Waals surface area (Å²) < 4.78 is 72.8. The molecule has 2 aromatic rings. The third-order valence-electron chi connectivity index (χ3n) is 7.20. The van der Waals surface area contributed by atoms with Crippen LogP contribution in [-0.4, -0.2) is 85.8 Å². The zero-order valence-electron chi connectivity index (χ0n) is 34.1. The van der Waals surface area contributed by atoms with Gasteiger partial charge in [0.25, 0.3) is 10.1 Å². The molecule has 0 radical (unpaired) electrons. The molecule has 2 aromatic carbocycles. The van der Waals surface area contributed by atoms with Crippen molar-refractivity contribution < 1.29 is 45.1 Å². The molecule has 2 N–H and O–H groups in total. The maximum Gasteiger partial charge on any atom is 0.392 e. The summed E-state index contributed by atoms with van der Waals surface area (Å²) in [5.41, 5.74) is 1.48. The van der Waals surface area contributed by atoms with Gasteiger partial charge in [-0.2, -0.15) is 21.6 Å². The number of aliphatic hydroxyl groups is 1. The van der Waals surface area contributed by atoms with Gasteiger partial charge in [0.1, 0.15) is 18.1 Å². The fraction of sp³-hybridized carbons (Fsp3) is 0.625. The minimum Gasteiger partial charge on any atom is -0.493 e. The van der Waals surface area contributed by atoms with Gasteiger partial charge in [0.15, 0.2) is 0 Å². The minimum absolute atomic E-state index is 0.123. The van der Waals surface area contributed by atoms with Crippen LogP contribution < -0.4 is 14.8 Å². The van der Waals surface area contributed by atoms with Gasteiger partial charge in [0, 0.05) is 29.6 Å². The molecule has 0 bridgehead atoms. The molecule has 1 aliphatic heterocycles. The van der Waals surface area contributed by atoms with Gasteiger partial charge in [-0.1, -0.05) is 51.6 Å². The first-order chi connectivity index (χ1) is 23.9. The van der Waals surface area contributed by atoms with Crippen LogP contribution in [0.3, 0.4) is 0 Å². The number of carbonyl (C=O) groups is 1. The second-order valence-corrected chi connectivity index (χ2v) is 17.8. The lowest BCUT2D eigenvalue weighted by atomic mass is 9.78. The molecule has 1 unspecified atom stereocenters. The molecule has 1 amide bonds. The molecule has 0 saturated carbocycles. The molecule has 9 nitrogen and oxygen atoms in total. The van der Waals surface area contributed by atoms with E-state index in [1.165, 1.54) is 19.2 Å². The van der Waals surface area contributed by atoms with Gasteiger partial charge in [-0.3, -0.25) is 13.9 Å². The highest BCUT2D eigenvalue weighted by Gasteiger charge is 2.29. The van der Waals surface area contributed by atoms with Gasteiger partial charge >= 0.3 is 6.18 Å². The predicted octanol–water partition coefficient (Wildman–Crippen LogP) is 8.44. The van der Waals surface area contributed by atoms with E-state index in [0.717, 1.165) is 17.4 Å². The number of carbonyl (C=O) groups excluding carboxylic acids is 1. The highest BCUT2D eigenvalue weighted by atomic mass is 32.2. The Morgan fingerprint density at radius 3 is 1.55 bits per heavy atom. The Kier molecular flexibility index (Phi) is 19.8. The second kappa shape index (κ2) is 21.1. The monoisotopic (exact) mass is 774 g/mol. The minimum atomic E-state index is -4.22. The standard InChI is InChI=1S/C22H27F3O3.C7H13NO.C6H13N.C5H12O3S/c1-4-18(26)15-28-20-11-7-17(8-12-20)21(2,3)16-5-9-19(10-6-16)27-14-13-22(23,24)25;1-5-6(9)8-7(2,3)4;1-6(2,3)7-4-5-7;1-5(2,3)8-9(4,6)7/h5-12,18,26H,4,13-15H2,1-3H3;5H,1H2,2-4H3,(H,8,9);4-5H2,1-3H3;1-4H3. The van der Waals surface area contributed by atoms with E-state index < -0.39 is 34.4 Å². The average molecular weight is 775 g/mol. The SMILES string of the molecule is C=CC(=O)NC(C)(C)C.CC(C)(C)N1CC1.CC(C)(C)OS(C)(=O)=O.CCC(O)COc1ccc(C(C)(C)c2ccc(OCCC(F)(F)F)cc2)cc1. The summed E-state index contributed by atoms with van der Waals surface area (Å²) in [5.74, 6) is 0.991. The summed E-state index contributed by atoms with van der Waals surface area (Å²) in [6.07, 6.45) is -2.71. The van der Waals surface area contributed by atoms with Crippen molar-refractivity contribution in [2.75, 3.05) is 32.6 Å². The van der Waals surface area contributed by atoms with Crippen LogP contribution in [0.15, 0.2) is 61.2 Å². The molecular formula is C40H65F3N2O7S. The highest BCUT2D eigenvalue weighted by Crippen LogP contribution is 2.33. The number of benzene rings is 2. The number of hydrogen-bond acceptors (Lipinski definition) is 8. The Morgan fingerprint density at radius 1 is 0.868 bits per heavy atom. The number of rotatable bonds is 11. The maximum absolute atomic E-state index is 12.2. The van der Waals surface area contributed by atoms with Crippen LogP contribution in [-0.2, 0) is 24.5 Å². The summed E-state index contributed by atoms with van der Waals surface area (Å²) in [4.78, 5) is 13.0. The summed E-state index contributed by atoms with van der Waals surface area (Å²) in [7, 11) is -3.28. The quantitative estimate of drug-likeness (QED) is 0.133. The van der Waals surface area contributed by atoms with Crippen LogP contribution in [0.2, 0.25) is 0 Å². The lowest BCUT2D eigenvalue weighted by Gasteiger charge is -2.26. The number of hydrogen-bond donors (Lipinski definition) is 2. The van der Waals surface area contributed by atoms with E-state index in [1.807, 2.05) is 64.1 Å². The first kappa shape index (κ1) is 49.9. The number of nitrogens with one attached hydrogen (secondary N) is 1. The molecule has 0 aromatic heterocycles. The summed E-state index contributed by atoms with van der Waals surface area (Å²) in [5, 5.41) is 12.3. The van der Waals surface area contributed by atoms with Crippen molar-refractivity contribution in [3.8, 4) is 11.5 Å². The van der Waals surface area contributed by atoms with E-state index in [-0.39, 0.29) is 30.1 Å². The van der Waals surface area contributed by atoms with Gasteiger partial charge in [-0.15, -0.1) is 0 Å². The van der Waals surface area contributed by atoms with Crippen LogP contribution in [0.4, 0.5) is 13.2 Å². The van der Waals surface area contributed by atoms with Crippen LogP contribution in [0.5, 0.6) is 11.5 Å². The first-order valence-electron chi connectivity index (χ1n) is 17.7. The van der Waals surface area contributed by atoms with Crippen molar-refractivity contribution in [3.63, 3.8) is 0 Å². The Bertz CT molecular complexity index is 1470. The Balaban J connectivity index is 0.000000871. The number of amides is 1. The van der Waals surface area contributed by atoms with E-state index in [2.05, 4.69) is 55.6 Å². The molecule has 3 rings (SSSR count). The van der Waals surface area contributed by atoms with Crippen molar-refractivity contribution in [2.45, 2.75) is 130 Å². The van der Waals surface area contributed by atoms with Gasteiger partial charge in [-0.25, -0.2) is 0 Å². The molecule has 304 valence electrons. The fourth-order valence-corrected chi connectivity index (χ4v) is 5.20. The second-order valence-electron chi connectivity index (χ2n) is 16.3. The Hall–Kier alpha value is -3.13. The molecule has 1 aliphatic rings. The average Bonchev–Trinajstić information content (AvgIpc) is 3.85. The fourth-order valence-electron chi connectivity index (χ4n) is 4.29. The maximum atomic E-state index is 12.2. The van der Waals surface area contributed by atoms with E-state index in [9.17, 15) is 31.5 Å². The number of alkyl halides is 3. The number of aliphatic hydroxyl groups excluding tert-OH is 1. The number of ether oxygens (including phenoxy) is 2. The molecule has 1 saturated heterocycles. The lowest BCUT2D eigenvalue weighted by molar-refractivity contribution is -0.139. The van der Waals surface area contributed by atoms with Gasteiger partial charge in [-0.05, 0) is 110 Å².